The minimum atomic E-state index is 0.209. The van der Waals surface area contributed by atoms with Crippen LogP contribution in [0.1, 0.15) is 0 Å². The Balaban J connectivity index is 2.03. The lowest BCUT2D eigenvalue weighted by atomic mass is 10.1. The first kappa shape index (κ1) is 13.7. The van der Waals surface area contributed by atoms with E-state index in [1.165, 1.54) is 0 Å². The monoisotopic (exact) mass is 321 g/mol. The molecule has 0 spiro atoms. The second kappa shape index (κ2) is 5.37. The summed E-state index contributed by atoms with van der Waals surface area (Å²) in [6, 6.07) is 17.4. The highest BCUT2D eigenvalue weighted by molar-refractivity contribution is 6.30. The van der Waals surface area contributed by atoms with E-state index >= 15 is 0 Å². The number of benzene rings is 2. The lowest BCUT2D eigenvalue weighted by Gasteiger charge is -2.03. The molecule has 4 aromatic rings. The van der Waals surface area contributed by atoms with E-state index in [4.69, 9.17) is 22.4 Å². The Kier molecular flexibility index (Phi) is 3.20. The van der Waals surface area contributed by atoms with Crippen molar-refractivity contribution in [1.82, 2.24) is 19.7 Å². The minimum Gasteiger partial charge on any atom is -0.368 e. The summed E-state index contributed by atoms with van der Waals surface area (Å²) in [6.07, 6.45) is 1.70. The molecule has 0 aliphatic rings. The van der Waals surface area contributed by atoms with Gasteiger partial charge in [-0.3, -0.25) is 0 Å². The van der Waals surface area contributed by atoms with Gasteiger partial charge in [-0.15, -0.1) is 0 Å². The molecule has 5 nitrogen and oxygen atoms in total. The van der Waals surface area contributed by atoms with E-state index < -0.39 is 0 Å². The van der Waals surface area contributed by atoms with E-state index in [9.17, 15) is 0 Å². The normalized spacial score (nSPS) is 11.0. The van der Waals surface area contributed by atoms with Gasteiger partial charge in [0.1, 0.15) is 5.69 Å². The molecule has 23 heavy (non-hydrogen) atoms. The first-order valence-corrected chi connectivity index (χ1v) is 7.43. The van der Waals surface area contributed by atoms with Crippen LogP contribution >= 0.6 is 11.6 Å². The van der Waals surface area contributed by atoms with Crippen LogP contribution in [0.2, 0.25) is 5.02 Å². The first-order chi connectivity index (χ1) is 11.2. The Morgan fingerprint density at radius 1 is 1.00 bits per heavy atom. The number of halogens is 1. The number of fused-ring (bicyclic) bond motifs is 1. The zero-order valence-electron chi connectivity index (χ0n) is 12.0. The molecule has 0 amide bonds. The fraction of sp³-hybridized carbons (Fsp3) is 0. The molecule has 2 N–H and O–H groups in total. The Bertz CT molecular complexity index is 994. The number of rotatable bonds is 2. The number of nitrogen functional groups attached to an aromatic ring is 1. The second-order valence-corrected chi connectivity index (χ2v) is 5.51. The molecule has 0 atom stereocenters. The fourth-order valence-electron chi connectivity index (χ4n) is 2.51. The molecule has 0 aliphatic carbocycles. The van der Waals surface area contributed by atoms with Crippen molar-refractivity contribution in [3.8, 4) is 16.9 Å². The van der Waals surface area contributed by atoms with E-state index in [2.05, 4.69) is 9.97 Å². The smallest absolute Gasteiger partial charge is 0.222 e. The van der Waals surface area contributed by atoms with Gasteiger partial charge in [0, 0.05) is 16.8 Å². The van der Waals surface area contributed by atoms with Crippen LogP contribution in [0.3, 0.4) is 0 Å². The molecule has 0 aliphatic heterocycles. The zero-order chi connectivity index (χ0) is 15.8. The van der Waals surface area contributed by atoms with Gasteiger partial charge in [0.25, 0.3) is 0 Å². The summed E-state index contributed by atoms with van der Waals surface area (Å²) in [5.41, 5.74) is 9.03. The number of nitrogens with zero attached hydrogens (tertiary/aromatic N) is 4. The molecule has 0 bridgehead atoms. The SMILES string of the molecule is Nc1ncc2c(-c3ccccc3)nn(-c3cccc(Cl)c3)c2n1. The van der Waals surface area contributed by atoms with Crippen molar-refractivity contribution in [2.45, 2.75) is 0 Å². The molecule has 112 valence electrons. The standard InChI is InChI=1S/C17H12ClN5/c18-12-7-4-8-13(9-12)23-16-14(10-20-17(19)21-16)15(22-23)11-5-2-1-3-6-11/h1-10H,(H2,19,20,21). The highest BCUT2D eigenvalue weighted by Gasteiger charge is 2.15. The molecule has 0 unspecified atom stereocenters. The summed E-state index contributed by atoms with van der Waals surface area (Å²) in [4.78, 5) is 8.46. The highest BCUT2D eigenvalue weighted by atomic mass is 35.5. The van der Waals surface area contributed by atoms with Gasteiger partial charge in [-0.2, -0.15) is 10.1 Å². The van der Waals surface area contributed by atoms with Gasteiger partial charge < -0.3 is 5.73 Å². The van der Waals surface area contributed by atoms with Crippen molar-refractivity contribution in [2.24, 2.45) is 0 Å². The molecule has 6 heteroatoms. The molecule has 4 rings (SSSR count). The summed E-state index contributed by atoms with van der Waals surface area (Å²) >= 11 is 6.10. The molecule has 2 aromatic carbocycles. The maximum absolute atomic E-state index is 6.10. The maximum Gasteiger partial charge on any atom is 0.222 e. The Morgan fingerprint density at radius 2 is 1.83 bits per heavy atom. The van der Waals surface area contributed by atoms with E-state index in [0.29, 0.717) is 10.7 Å². The van der Waals surface area contributed by atoms with Gasteiger partial charge in [0.05, 0.1) is 11.1 Å². The fourth-order valence-corrected chi connectivity index (χ4v) is 2.70. The topological polar surface area (TPSA) is 69.6 Å². The minimum absolute atomic E-state index is 0.209. The largest absolute Gasteiger partial charge is 0.368 e. The number of hydrogen-bond donors (Lipinski definition) is 1. The molecule has 2 aromatic heterocycles. The summed E-state index contributed by atoms with van der Waals surface area (Å²) in [6.45, 7) is 0. The molecule has 0 saturated carbocycles. The lowest BCUT2D eigenvalue weighted by Crippen LogP contribution is -2.00. The van der Waals surface area contributed by atoms with Crippen molar-refractivity contribution in [2.75, 3.05) is 5.73 Å². The van der Waals surface area contributed by atoms with Gasteiger partial charge in [0.2, 0.25) is 5.95 Å². The molecular formula is C17H12ClN5. The number of aromatic nitrogens is 4. The Morgan fingerprint density at radius 3 is 2.61 bits per heavy atom. The second-order valence-electron chi connectivity index (χ2n) is 5.07. The van der Waals surface area contributed by atoms with Crippen LogP contribution in [0, 0.1) is 0 Å². The van der Waals surface area contributed by atoms with Crippen LogP contribution < -0.4 is 5.73 Å². The predicted molar refractivity (Wildman–Crippen MR) is 91.5 cm³/mol. The third-order valence-electron chi connectivity index (χ3n) is 3.54. The van der Waals surface area contributed by atoms with Gasteiger partial charge in [-0.05, 0) is 18.2 Å². The number of nitrogens with two attached hydrogens (primary N) is 1. The zero-order valence-corrected chi connectivity index (χ0v) is 12.8. The van der Waals surface area contributed by atoms with E-state index in [1.54, 1.807) is 10.9 Å². The molecule has 2 heterocycles. The average molecular weight is 322 g/mol. The number of anilines is 1. The van der Waals surface area contributed by atoms with Crippen molar-refractivity contribution >= 4 is 28.6 Å². The van der Waals surface area contributed by atoms with Crippen molar-refractivity contribution in [3.63, 3.8) is 0 Å². The maximum atomic E-state index is 6.10. The quantitative estimate of drug-likeness (QED) is 0.611. The summed E-state index contributed by atoms with van der Waals surface area (Å²) in [5.74, 6) is 0.209. The van der Waals surface area contributed by atoms with Crippen molar-refractivity contribution in [3.05, 3.63) is 65.8 Å². The Labute approximate surface area is 137 Å². The third-order valence-corrected chi connectivity index (χ3v) is 3.78. The molecule has 0 fully saturated rings. The summed E-state index contributed by atoms with van der Waals surface area (Å²) in [7, 11) is 0. The van der Waals surface area contributed by atoms with Crippen LogP contribution in [0.4, 0.5) is 5.95 Å². The first-order valence-electron chi connectivity index (χ1n) is 7.05. The van der Waals surface area contributed by atoms with Crippen LogP contribution in [0.15, 0.2) is 60.8 Å². The van der Waals surface area contributed by atoms with E-state index in [-0.39, 0.29) is 5.95 Å². The Hall–Kier alpha value is -2.92. The van der Waals surface area contributed by atoms with Gasteiger partial charge >= 0.3 is 0 Å². The van der Waals surface area contributed by atoms with Crippen molar-refractivity contribution < 1.29 is 0 Å². The van der Waals surface area contributed by atoms with Crippen LogP contribution in [0.5, 0.6) is 0 Å². The highest BCUT2D eigenvalue weighted by Crippen LogP contribution is 2.29. The summed E-state index contributed by atoms with van der Waals surface area (Å²) < 4.78 is 1.74. The van der Waals surface area contributed by atoms with E-state index in [0.717, 1.165) is 22.3 Å². The van der Waals surface area contributed by atoms with Crippen LogP contribution in [-0.4, -0.2) is 19.7 Å². The number of hydrogen-bond acceptors (Lipinski definition) is 4. The van der Waals surface area contributed by atoms with Crippen molar-refractivity contribution in [1.29, 1.82) is 0 Å². The van der Waals surface area contributed by atoms with E-state index in [1.807, 2.05) is 54.6 Å². The molecular weight excluding hydrogens is 310 g/mol. The summed E-state index contributed by atoms with van der Waals surface area (Å²) in [5, 5.41) is 6.18. The third kappa shape index (κ3) is 2.41. The van der Waals surface area contributed by atoms with Gasteiger partial charge in [0.15, 0.2) is 5.65 Å². The van der Waals surface area contributed by atoms with Crippen LogP contribution in [0.25, 0.3) is 28.0 Å². The molecule has 0 radical (unpaired) electrons. The molecule has 0 saturated heterocycles. The lowest BCUT2D eigenvalue weighted by molar-refractivity contribution is 0.900. The van der Waals surface area contributed by atoms with Gasteiger partial charge in [-0.1, -0.05) is 48.0 Å². The van der Waals surface area contributed by atoms with Crippen LogP contribution in [-0.2, 0) is 0 Å². The predicted octanol–water partition coefficient (Wildman–Crippen LogP) is 3.72. The average Bonchev–Trinajstić information content (AvgIpc) is 2.94. The van der Waals surface area contributed by atoms with Gasteiger partial charge in [-0.25, -0.2) is 9.67 Å².